The van der Waals surface area contributed by atoms with Crippen LogP contribution in [0.25, 0.3) is 10.9 Å². The van der Waals surface area contributed by atoms with Crippen LogP contribution >= 0.6 is 11.6 Å². The number of hydrogen-bond donors (Lipinski definition) is 2. The molecule has 2 N–H and O–H groups in total. The van der Waals surface area contributed by atoms with Crippen molar-refractivity contribution in [3.63, 3.8) is 0 Å². The molecule has 0 unspecified atom stereocenters. The highest BCUT2D eigenvalue weighted by Gasteiger charge is 2.12. The van der Waals surface area contributed by atoms with Crippen LogP contribution in [0.1, 0.15) is 10.5 Å². The molecule has 0 fully saturated rings. The highest BCUT2D eigenvalue weighted by molar-refractivity contribution is 6.35. The Bertz CT molecular complexity index is 833. The number of benzene rings is 2. The Morgan fingerprint density at radius 1 is 1.10 bits per heavy atom. The van der Waals surface area contributed by atoms with E-state index >= 15 is 0 Å². The first-order chi connectivity index (χ1) is 10.1. The molecule has 4 nitrogen and oxygen atoms in total. The molecule has 0 aliphatic carbocycles. The maximum atomic E-state index is 12.2. The second-order valence-corrected chi connectivity index (χ2v) is 4.88. The number of rotatable bonds is 2. The van der Waals surface area contributed by atoms with Crippen LogP contribution in [0.4, 0.5) is 5.69 Å². The van der Waals surface area contributed by atoms with E-state index in [1.807, 2.05) is 18.2 Å². The highest BCUT2D eigenvalue weighted by atomic mass is 35.5. The second-order valence-electron chi connectivity index (χ2n) is 4.48. The predicted octanol–water partition coefficient (Wildman–Crippen LogP) is 3.85. The van der Waals surface area contributed by atoms with Crippen molar-refractivity contribution in [1.82, 2.24) is 4.98 Å². The number of aromatic hydroxyl groups is 1. The van der Waals surface area contributed by atoms with Crippen molar-refractivity contribution < 1.29 is 9.90 Å². The largest absolute Gasteiger partial charge is 0.506 e. The lowest BCUT2D eigenvalue weighted by Gasteiger charge is -2.08. The van der Waals surface area contributed by atoms with Crippen molar-refractivity contribution in [1.29, 1.82) is 0 Å². The number of carbonyl (C=O) groups is 1. The molecule has 5 heteroatoms. The summed E-state index contributed by atoms with van der Waals surface area (Å²) in [5.41, 5.74) is 1.17. The zero-order chi connectivity index (χ0) is 14.8. The standard InChI is InChI=1S/C16H11ClN2O2/c17-11-9-14(18-12-6-2-1-5-10(11)12)16(21)19-13-7-3-4-8-15(13)20/h1-9,20H,(H,19,21). The Morgan fingerprint density at radius 2 is 1.81 bits per heavy atom. The topological polar surface area (TPSA) is 62.2 Å². The van der Waals surface area contributed by atoms with Crippen LogP contribution in [-0.4, -0.2) is 16.0 Å². The Hall–Kier alpha value is -2.59. The molecule has 1 amide bonds. The first kappa shape index (κ1) is 13.4. The zero-order valence-corrected chi connectivity index (χ0v) is 11.6. The van der Waals surface area contributed by atoms with Crippen molar-refractivity contribution in [2.45, 2.75) is 0 Å². The molecule has 21 heavy (non-hydrogen) atoms. The number of nitrogens with zero attached hydrogens (tertiary/aromatic N) is 1. The fraction of sp³-hybridized carbons (Fsp3) is 0. The number of fused-ring (bicyclic) bond motifs is 1. The molecule has 1 heterocycles. The monoisotopic (exact) mass is 298 g/mol. The van der Waals surface area contributed by atoms with Crippen LogP contribution in [0, 0.1) is 0 Å². The molecule has 0 saturated carbocycles. The highest BCUT2D eigenvalue weighted by Crippen LogP contribution is 2.25. The third kappa shape index (κ3) is 2.66. The van der Waals surface area contributed by atoms with E-state index < -0.39 is 5.91 Å². The van der Waals surface area contributed by atoms with E-state index in [1.54, 1.807) is 24.3 Å². The number of amides is 1. The number of halogens is 1. The van der Waals surface area contributed by atoms with Crippen LogP contribution in [0.2, 0.25) is 5.02 Å². The van der Waals surface area contributed by atoms with E-state index in [4.69, 9.17) is 11.6 Å². The lowest BCUT2D eigenvalue weighted by Crippen LogP contribution is -2.13. The second kappa shape index (κ2) is 5.42. The molecule has 1 aromatic heterocycles. The van der Waals surface area contributed by atoms with Crippen molar-refractivity contribution in [3.8, 4) is 5.75 Å². The smallest absolute Gasteiger partial charge is 0.274 e. The zero-order valence-electron chi connectivity index (χ0n) is 10.9. The molecule has 0 saturated heterocycles. The summed E-state index contributed by atoms with van der Waals surface area (Å²) in [6.07, 6.45) is 0. The van der Waals surface area contributed by atoms with Gasteiger partial charge in [-0.15, -0.1) is 0 Å². The Balaban J connectivity index is 1.97. The van der Waals surface area contributed by atoms with Gasteiger partial charge in [-0.2, -0.15) is 0 Å². The van der Waals surface area contributed by atoms with Gasteiger partial charge in [-0.3, -0.25) is 4.79 Å². The van der Waals surface area contributed by atoms with Gasteiger partial charge in [0.25, 0.3) is 5.91 Å². The summed E-state index contributed by atoms with van der Waals surface area (Å²) in [5.74, 6) is -0.429. The summed E-state index contributed by atoms with van der Waals surface area (Å²) >= 11 is 6.17. The number of para-hydroxylation sites is 3. The van der Waals surface area contributed by atoms with Crippen molar-refractivity contribution in [3.05, 3.63) is 65.3 Å². The van der Waals surface area contributed by atoms with E-state index in [0.29, 0.717) is 16.2 Å². The number of hydrogen-bond acceptors (Lipinski definition) is 3. The fourth-order valence-electron chi connectivity index (χ4n) is 2.01. The molecule has 0 aliphatic heterocycles. The SMILES string of the molecule is O=C(Nc1ccccc1O)c1cc(Cl)c2ccccc2n1. The third-order valence-electron chi connectivity index (χ3n) is 3.05. The number of phenols is 1. The molecule has 0 bridgehead atoms. The van der Waals surface area contributed by atoms with E-state index in [2.05, 4.69) is 10.3 Å². The summed E-state index contributed by atoms with van der Waals surface area (Å²) in [6, 6.07) is 15.3. The summed E-state index contributed by atoms with van der Waals surface area (Å²) in [6.45, 7) is 0. The van der Waals surface area contributed by atoms with E-state index in [0.717, 1.165) is 5.39 Å². The molecule has 104 valence electrons. The lowest BCUT2D eigenvalue weighted by atomic mass is 10.2. The molecule has 3 rings (SSSR count). The number of phenolic OH excluding ortho intramolecular Hbond substituents is 1. The van der Waals surface area contributed by atoms with Crippen LogP contribution in [0.15, 0.2) is 54.6 Å². The minimum Gasteiger partial charge on any atom is -0.506 e. The molecule has 0 radical (unpaired) electrons. The van der Waals surface area contributed by atoms with E-state index in [9.17, 15) is 9.90 Å². The molecule has 2 aromatic carbocycles. The van der Waals surface area contributed by atoms with Crippen LogP contribution in [0.5, 0.6) is 5.75 Å². The van der Waals surface area contributed by atoms with Gasteiger partial charge in [-0.25, -0.2) is 4.98 Å². The van der Waals surface area contributed by atoms with Gasteiger partial charge in [0.2, 0.25) is 0 Å². The Morgan fingerprint density at radius 3 is 2.62 bits per heavy atom. The maximum Gasteiger partial charge on any atom is 0.274 e. The van der Waals surface area contributed by atoms with Gasteiger partial charge in [0, 0.05) is 5.39 Å². The van der Waals surface area contributed by atoms with Crippen molar-refractivity contribution >= 4 is 34.1 Å². The molecule has 0 aliphatic rings. The van der Waals surface area contributed by atoms with Crippen LogP contribution in [-0.2, 0) is 0 Å². The summed E-state index contributed by atoms with van der Waals surface area (Å²) in [7, 11) is 0. The fourth-order valence-corrected chi connectivity index (χ4v) is 2.28. The van der Waals surface area contributed by atoms with Gasteiger partial charge in [-0.1, -0.05) is 41.9 Å². The lowest BCUT2D eigenvalue weighted by molar-refractivity contribution is 0.102. The summed E-state index contributed by atoms with van der Waals surface area (Å²) in [4.78, 5) is 16.5. The first-order valence-electron chi connectivity index (χ1n) is 6.30. The molecular formula is C16H11ClN2O2. The Labute approximate surface area is 126 Å². The minimum absolute atomic E-state index is 0.00210. The number of carbonyl (C=O) groups excluding carboxylic acids is 1. The number of nitrogens with one attached hydrogen (secondary N) is 1. The van der Waals surface area contributed by atoms with Gasteiger partial charge in [0.1, 0.15) is 11.4 Å². The van der Waals surface area contributed by atoms with E-state index in [-0.39, 0.29) is 11.4 Å². The molecule has 0 spiro atoms. The first-order valence-corrected chi connectivity index (χ1v) is 6.67. The van der Waals surface area contributed by atoms with Gasteiger partial charge in [0.05, 0.1) is 16.2 Å². The van der Waals surface area contributed by atoms with E-state index in [1.165, 1.54) is 12.1 Å². The molecule has 0 atom stereocenters. The quantitative estimate of drug-likeness (QED) is 0.706. The Kier molecular flexibility index (Phi) is 3.46. The number of anilines is 1. The van der Waals surface area contributed by atoms with Gasteiger partial charge in [-0.05, 0) is 24.3 Å². The average molecular weight is 299 g/mol. The van der Waals surface area contributed by atoms with Gasteiger partial charge >= 0.3 is 0 Å². The van der Waals surface area contributed by atoms with Crippen molar-refractivity contribution in [2.24, 2.45) is 0 Å². The predicted molar refractivity (Wildman–Crippen MR) is 82.8 cm³/mol. The molecule has 3 aromatic rings. The average Bonchev–Trinajstić information content (AvgIpc) is 2.49. The van der Waals surface area contributed by atoms with Gasteiger partial charge < -0.3 is 10.4 Å². The maximum absolute atomic E-state index is 12.2. The van der Waals surface area contributed by atoms with Crippen molar-refractivity contribution in [2.75, 3.05) is 5.32 Å². The normalized spacial score (nSPS) is 10.5. The van der Waals surface area contributed by atoms with Crippen LogP contribution in [0.3, 0.4) is 0 Å². The van der Waals surface area contributed by atoms with Crippen LogP contribution < -0.4 is 5.32 Å². The number of aromatic nitrogens is 1. The van der Waals surface area contributed by atoms with Gasteiger partial charge in [0.15, 0.2) is 0 Å². The summed E-state index contributed by atoms with van der Waals surface area (Å²) in [5, 5.41) is 13.5. The number of pyridine rings is 1. The molecular weight excluding hydrogens is 288 g/mol. The summed E-state index contributed by atoms with van der Waals surface area (Å²) < 4.78 is 0. The minimum atomic E-state index is -0.427. The third-order valence-corrected chi connectivity index (χ3v) is 3.36.